The van der Waals surface area contributed by atoms with E-state index in [4.69, 9.17) is 15.3 Å². The molecule has 0 bridgehead atoms. The van der Waals surface area contributed by atoms with Gasteiger partial charge in [0, 0.05) is 14.1 Å². The van der Waals surface area contributed by atoms with Crippen molar-refractivity contribution in [1.29, 1.82) is 0 Å². The summed E-state index contributed by atoms with van der Waals surface area (Å²) in [5, 5.41) is 25.3. The molecule has 5 heteroatoms. The fourth-order valence-electron chi connectivity index (χ4n) is 0.464. The van der Waals surface area contributed by atoms with E-state index in [-0.39, 0.29) is 11.5 Å². The van der Waals surface area contributed by atoms with Crippen LogP contribution < -0.4 is 0 Å². The van der Waals surface area contributed by atoms with Crippen LogP contribution in [-0.2, 0) is 0 Å². The van der Waals surface area contributed by atoms with E-state index < -0.39 is 6.09 Å². The molecule has 78 valence electrons. The molecule has 1 rings (SSSR count). The number of benzene rings is 1. The Morgan fingerprint density at radius 2 is 1.43 bits per heavy atom. The summed E-state index contributed by atoms with van der Waals surface area (Å²) in [5.74, 6) is -0.153. The number of phenols is 2. The molecule has 0 spiro atoms. The summed E-state index contributed by atoms with van der Waals surface area (Å²) in [6.07, 6.45) is -0.907. The molecule has 0 aliphatic heterocycles. The van der Waals surface area contributed by atoms with Crippen molar-refractivity contribution in [2.24, 2.45) is 0 Å². The highest BCUT2D eigenvalue weighted by molar-refractivity contribution is 5.63. The van der Waals surface area contributed by atoms with Gasteiger partial charge >= 0.3 is 6.09 Å². The van der Waals surface area contributed by atoms with Gasteiger partial charge in [0.1, 0.15) is 0 Å². The normalized spacial score (nSPS) is 8.43. The molecule has 0 aromatic heterocycles. The summed E-state index contributed by atoms with van der Waals surface area (Å²) in [6.45, 7) is 0. The van der Waals surface area contributed by atoms with Gasteiger partial charge in [-0.05, 0) is 12.1 Å². The van der Waals surface area contributed by atoms with Gasteiger partial charge in [-0.25, -0.2) is 4.79 Å². The minimum absolute atomic E-state index is 0.0764. The standard InChI is InChI=1S/C6H6O2.C3H7NO2/c7-5-3-1-2-4-6(5)8;1-4(2)3(5)6/h1-4,7-8H;1-2H3,(H,5,6). The molecule has 1 amide bonds. The Balaban J connectivity index is 0.000000255. The number of carbonyl (C=O) groups is 1. The zero-order valence-electron chi connectivity index (χ0n) is 8.01. The first-order valence-corrected chi connectivity index (χ1v) is 3.82. The first kappa shape index (κ1) is 12.1. The number of carboxylic acid groups (broad SMARTS) is 1. The number of nitrogens with zero attached hydrogens (tertiary/aromatic N) is 1. The topological polar surface area (TPSA) is 81.0 Å². The first-order valence-electron chi connectivity index (χ1n) is 3.82. The Kier molecular flexibility index (Phi) is 4.91. The van der Waals surface area contributed by atoms with E-state index in [1.165, 1.54) is 26.2 Å². The third-order valence-corrected chi connectivity index (χ3v) is 1.26. The van der Waals surface area contributed by atoms with Crippen LogP contribution in [0.3, 0.4) is 0 Å². The van der Waals surface area contributed by atoms with Crippen LogP contribution in [0.25, 0.3) is 0 Å². The second kappa shape index (κ2) is 5.69. The Morgan fingerprint density at radius 3 is 1.57 bits per heavy atom. The predicted molar refractivity (Wildman–Crippen MR) is 51.5 cm³/mol. The number of para-hydroxylation sites is 2. The largest absolute Gasteiger partial charge is 0.504 e. The highest BCUT2D eigenvalue weighted by Crippen LogP contribution is 2.21. The lowest BCUT2D eigenvalue weighted by Crippen LogP contribution is -2.18. The maximum absolute atomic E-state index is 9.62. The summed E-state index contributed by atoms with van der Waals surface area (Å²) in [5.41, 5.74) is 0. The van der Waals surface area contributed by atoms with E-state index >= 15 is 0 Å². The van der Waals surface area contributed by atoms with Crippen molar-refractivity contribution in [2.75, 3.05) is 14.1 Å². The molecule has 0 aliphatic rings. The van der Waals surface area contributed by atoms with Gasteiger partial charge in [-0.3, -0.25) is 0 Å². The highest BCUT2D eigenvalue weighted by Gasteiger charge is 1.92. The van der Waals surface area contributed by atoms with Crippen molar-refractivity contribution < 1.29 is 20.1 Å². The van der Waals surface area contributed by atoms with E-state index in [9.17, 15) is 4.79 Å². The molecule has 1 aromatic carbocycles. The molecule has 0 fully saturated rings. The van der Waals surface area contributed by atoms with Crippen LogP contribution >= 0.6 is 0 Å². The monoisotopic (exact) mass is 199 g/mol. The first-order chi connectivity index (χ1) is 6.45. The number of hydrogen-bond acceptors (Lipinski definition) is 3. The Hall–Kier alpha value is -1.91. The van der Waals surface area contributed by atoms with Gasteiger partial charge in [0.05, 0.1) is 0 Å². The van der Waals surface area contributed by atoms with Crippen LogP contribution in [0.2, 0.25) is 0 Å². The Labute approximate surface area is 81.8 Å². The van der Waals surface area contributed by atoms with Crippen LogP contribution in [0.1, 0.15) is 0 Å². The van der Waals surface area contributed by atoms with Crippen molar-refractivity contribution in [1.82, 2.24) is 4.90 Å². The second-order valence-electron chi connectivity index (χ2n) is 2.67. The third kappa shape index (κ3) is 4.87. The van der Waals surface area contributed by atoms with Gasteiger partial charge in [0.25, 0.3) is 0 Å². The van der Waals surface area contributed by atoms with Crippen LogP contribution in [0.15, 0.2) is 24.3 Å². The Morgan fingerprint density at radius 1 is 1.14 bits per heavy atom. The Bertz CT molecular complexity index is 278. The second-order valence-corrected chi connectivity index (χ2v) is 2.67. The molecule has 0 heterocycles. The average molecular weight is 199 g/mol. The number of rotatable bonds is 0. The van der Waals surface area contributed by atoms with Crippen molar-refractivity contribution >= 4 is 6.09 Å². The van der Waals surface area contributed by atoms with E-state index in [0.29, 0.717) is 0 Å². The number of hydrogen-bond donors (Lipinski definition) is 3. The van der Waals surface area contributed by atoms with Crippen molar-refractivity contribution in [3.05, 3.63) is 24.3 Å². The van der Waals surface area contributed by atoms with E-state index in [1.807, 2.05) is 0 Å². The molecule has 0 aliphatic carbocycles. The SMILES string of the molecule is CN(C)C(=O)O.Oc1ccccc1O. The molecule has 0 saturated carbocycles. The van der Waals surface area contributed by atoms with Gasteiger partial charge in [-0.1, -0.05) is 12.1 Å². The zero-order valence-corrected chi connectivity index (χ0v) is 8.01. The van der Waals surface area contributed by atoms with Crippen LogP contribution in [0, 0.1) is 0 Å². The maximum atomic E-state index is 9.62. The molecular weight excluding hydrogens is 186 g/mol. The molecule has 0 radical (unpaired) electrons. The van der Waals surface area contributed by atoms with Crippen LogP contribution in [-0.4, -0.2) is 40.4 Å². The summed E-state index contributed by atoms with van der Waals surface area (Å²) in [4.78, 5) is 10.7. The third-order valence-electron chi connectivity index (χ3n) is 1.26. The van der Waals surface area contributed by atoms with E-state index in [2.05, 4.69) is 0 Å². The average Bonchev–Trinajstić information content (AvgIpc) is 2.11. The lowest BCUT2D eigenvalue weighted by atomic mass is 10.3. The molecule has 5 nitrogen and oxygen atoms in total. The maximum Gasteiger partial charge on any atom is 0.406 e. The van der Waals surface area contributed by atoms with Crippen LogP contribution in [0.4, 0.5) is 4.79 Å². The lowest BCUT2D eigenvalue weighted by Gasteiger charge is -1.99. The van der Waals surface area contributed by atoms with Gasteiger partial charge in [-0.15, -0.1) is 0 Å². The lowest BCUT2D eigenvalue weighted by molar-refractivity contribution is 0.165. The van der Waals surface area contributed by atoms with E-state index in [0.717, 1.165) is 4.90 Å². The molecule has 1 aromatic rings. The molecular formula is C9H13NO4. The molecule has 0 atom stereocenters. The quantitative estimate of drug-likeness (QED) is 0.550. The summed E-state index contributed by atoms with van der Waals surface area (Å²) >= 11 is 0. The highest BCUT2D eigenvalue weighted by atomic mass is 16.4. The molecule has 0 unspecified atom stereocenters. The fourth-order valence-corrected chi connectivity index (χ4v) is 0.464. The van der Waals surface area contributed by atoms with Crippen LogP contribution in [0.5, 0.6) is 11.5 Å². The molecule has 14 heavy (non-hydrogen) atoms. The molecule has 3 N–H and O–H groups in total. The molecule has 0 saturated heterocycles. The van der Waals surface area contributed by atoms with Crippen molar-refractivity contribution in [3.8, 4) is 11.5 Å². The zero-order chi connectivity index (χ0) is 11.1. The van der Waals surface area contributed by atoms with Gasteiger partial charge < -0.3 is 20.2 Å². The minimum atomic E-state index is -0.907. The van der Waals surface area contributed by atoms with Crippen molar-refractivity contribution in [2.45, 2.75) is 0 Å². The number of phenolic OH excluding ortho intramolecular Hbond substituents is 2. The summed E-state index contributed by atoms with van der Waals surface area (Å²) < 4.78 is 0. The smallest absolute Gasteiger partial charge is 0.406 e. The van der Waals surface area contributed by atoms with Gasteiger partial charge in [0.2, 0.25) is 0 Å². The van der Waals surface area contributed by atoms with Gasteiger partial charge in [0.15, 0.2) is 11.5 Å². The summed E-state index contributed by atoms with van der Waals surface area (Å²) in [7, 11) is 2.95. The number of aromatic hydroxyl groups is 2. The van der Waals surface area contributed by atoms with E-state index in [1.54, 1.807) is 12.1 Å². The predicted octanol–water partition coefficient (Wildman–Crippen LogP) is 1.32. The fraction of sp³-hybridized carbons (Fsp3) is 0.222. The minimum Gasteiger partial charge on any atom is -0.504 e. The van der Waals surface area contributed by atoms with Crippen molar-refractivity contribution in [3.63, 3.8) is 0 Å². The van der Waals surface area contributed by atoms with Gasteiger partial charge in [-0.2, -0.15) is 0 Å². The summed E-state index contributed by atoms with van der Waals surface area (Å²) in [6, 6.07) is 6.15. The number of amides is 1.